The van der Waals surface area contributed by atoms with Crippen molar-refractivity contribution in [2.75, 3.05) is 0 Å². The van der Waals surface area contributed by atoms with Crippen molar-refractivity contribution in [3.63, 3.8) is 0 Å². The summed E-state index contributed by atoms with van der Waals surface area (Å²) in [5.74, 6) is 7.07. The number of carbonyl (C=O) groups is 1. The van der Waals surface area contributed by atoms with Crippen LogP contribution in [0.3, 0.4) is 0 Å². The highest BCUT2D eigenvalue weighted by atomic mass is 16.6. The quantitative estimate of drug-likeness (QED) is 0.450. The van der Waals surface area contributed by atoms with Crippen LogP contribution in [-0.4, -0.2) is 24.3 Å². The SMILES string of the molecule is CCC(C)(C)C(=O)OC1CC2CC1C1C3CC(C4CC5OC5C43)C21. The van der Waals surface area contributed by atoms with Gasteiger partial charge in [-0.3, -0.25) is 4.79 Å². The number of fused-ring (bicyclic) bond motifs is 14. The van der Waals surface area contributed by atoms with Crippen LogP contribution in [0.1, 0.15) is 52.9 Å². The number of ether oxygens (including phenoxy) is 2. The molecule has 6 fully saturated rings. The van der Waals surface area contributed by atoms with Gasteiger partial charge in [-0.25, -0.2) is 0 Å². The highest BCUT2D eigenvalue weighted by Gasteiger charge is 2.74. The Bertz CT molecular complexity index is 598. The summed E-state index contributed by atoms with van der Waals surface area (Å²) in [7, 11) is 0. The standard InChI is InChI=1S/C21H30O3/c1-4-21(2,3)20(22)24-14-6-9-5-12(14)17-13-7-10(16(9)17)11-8-15-19(23-15)18(11)13/h9-19H,4-8H2,1-3H3. The molecular weight excluding hydrogens is 300 g/mol. The lowest BCUT2D eigenvalue weighted by Crippen LogP contribution is -2.44. The molecule has 1 aliphatic heterocycles. The Hall–Kier alpha value is -0.570. The molecule has 4 bridgehead atoms. The molecule has 6 aliphatic rings. The van der Waals surface area contributed by atoms with Crippen molar-refractivity contribution < 1.29 is 14.3 Å². The predicted octanol–water partition coefficient (Wildman–Crippen LogP) is 3.66. The van der Waals surface area contributed by atoms with Gasteiger partial charge in [0.2, 0.25) is 0 Å². The number of hydrogen-bond donors (Lipinski definition) is 0. The van der Waals surface area contributed by atoms with Gasteiger partial charge in [0.15, 0.2) is 0 Å². The van der Waals surface area contributed by atoms with Crippen LogP contribution >= 0.6 is 0 Å². The fourth-order valence-electron chi connectivity index (χ4n) is 8.08. The van der Waals surface area contributed by atoms with Crippen molar-refractivity contribution >= 4 is 5.97 Å². The van der Waals surface area contributed by atoms with Gasteiger partial charge in [-0.2, -0.15) is 0 Å². The first kappa shape index (κ1) is 14.6. The Morgan fingerprint density at radius 2 is 1.79 bits per heavy atom. The van der Waals surface area contributed by atoms with E-state index in [2.05, 4.69) is 6.92 Å². The van der Waals surface area contributed by atoms with Crippen LogP contribution in [0.2, 0.25) is 0 Å². The summed E-state index contributed by atoms with van der Waals surface area (Å²) in [6, 6.07) is 0. The van der Waals surface area contributed by atoms with Gasteiger partial charge in [0, 0.05) is 0 Å². The minimum atomic E-state index is -0.332. The topological polar surface area (TPSA) is 38.8 Å². The molecule has 5 aliphatic carbocycles. The van der Waals surface area contributed by atoms with E-state index in [1.54, 1.807) is 0 Å². The van der Waals surface area contributed by atoms with Crippen LogP contribution in [0.5, 0.6) is 0 Å². The molecule has 0 spiro atoms. The van der Waals surface area contributed by atoms with Gasteiger partial charge in [-0.15, -0.1) is 0 Å². The van der Waals surface area contributed by atoms with Crippen molar-refractivity contribution in [2.45, 2.75) is 71.2 Å². The van der Waals surface area contributed by atoms with E-state index < -0.39 is 0 Å². The third-order valence-corrected chi connectivity index (χ3v) is 9.34. The molecule has 11 atom stereocenters. The molecule has 0 aromatic carbocycles. The van der Waals surface area contributed by atoms with E-state index in [9.17, 15) is 4.79 Å². The van der Waals surface area contributed by atoms with Crippen LogP contribution < -0.4 is 0 Å². The Morgan fingerprint density at radius 1 is 1.00 bits per heavy atom. The maximum atomic E-state index is 12.6. The molecule has 6 rings (SSSR count). The molecule has 3 heteroatoms. The smallest absolute Gasteiger partial charge is 0.311 e. The van der Waals surface area contributed by atoms with Crippen LogP contribution in [0.4, 0.5) is 0 Å². The third-order valence-electron chi connectivity index (χ3n) is 9.34. The zero-order valence-corrected chi connectivity index (χ0v) is 15.1. The normalized spacial score (nSPS) is 58.5. The molecule has 24 heavy (non-hydrogen) atoms. The fourth-order valence-corrected chi connectivity index (χ4v) is 8.08. The molecule has 11 unspecified atom stereocenters. The van der Waals surface area contributed by atoms with Crippen molar-refractivity contribution in [3.8, 4) is 0 Å². The molecule has 0 radical (unpaired) electrons. The zero-order chi connectivity index (χ0) is 16.4. The predicted molar refractivity (Wildman–Crippen MR) is 89.0 cm³/mol. The van der Waals surface area contributed by atoms with Gasteiger partial charge < -0.3 is 9.47 Å². The molecule has 5 saturated carbocycles. The molecular formula is C21H30O3. The molecule has 0 aromatic rings. The first-order chi connectivity index (χ1) is 11.5. The maximum absolute atomic E-state index is 12.6. The van der Waals surface area contributed by atoms with Crippen molar-refractivity contribution in [3.05, 3.63) is 0 Å². The minimum absolute atomic E-state index is 0.0339. The van der Waals surface area contributed by atoms with E-state index in [0.29, 0.717) is 18.1 Å². The molecule has 0 aromatic heterocycles. The van der Waals surface area contributed by atoms with Crippen LogP contribution in [0.15, 0.2) is 0 Å². The van der Waals surface area contributed by atoms with Crippen molar-refractivity contribution in [2.24, 2.45) is 52.8 Å². The lowest BCUT2D eigenvalue weighted by molar-refractivity contribution is -0.165. The fraction of sp³-hybridized carbons (Fsp3) is 0.952. The van der Waals surface area contributed by atoms with Crippen molar-refractivity contribution in [1.82, 2.24) is 0 Å². The lowest BCUT2D eigenvalue weighted by Gasteiger charge is -2.43. The van der Waals surface area contributed by atoms with E-state index in [4.69, 9.17) is 9.47 Å². The van der Waals surface area contributed by atoms with Gasteiger partial charge in [0.05, 0.1) is 17.6 Å². The summed E-state index contributed by atoms with van der Waals surface area (Å²) in [4.78, 5) is 12.6. The molecule has 1 heterocycles. The minimum Gasteiger partial charge on any atom is -0.462 e. The second-order valence-electron chi connectivity index (χ2n) is 10.4. The average Bonchev–Trinajstić information content (AvgIpc) is 3.04. The molecule has 0 amide bonds. The second kappa shape index (κ2) is 4.39. The summed E-state index contributed by atoms with van der Waals surface area (Å²) < 4.78 is 12.0. The maximum Gasteiger partial charge on any atom is 0.311 e. The molecule has 3 nitrogen and oxygen atoms in total. The summed E-state index contributed by atoms with van der Waals surface area (Å²) in [5, 5.41) is 0. The zero-order valence-electron chi connectivity index (χ0n) is 15.1. The van der Waals surface area contributed by atoms with Crippen LogP contribution in [-0.2, 0) is 14.3 Å². The number of carbonyl (C=O) groups excluding carboxylic acids is 1. The van der Waals surface area contributed by atoms with E-state index >= 15 is 0 Å². The van der Waals surface area contributed by atoms with Gasteiger partial charge in [0.25, 0.3) is 0 Å². The lowest BCUT2D eigenvalue weighted by atomic mass is 9.63. The largest absolute Gasteiger partial charge is 0.462 e. The summed E-state index contributed by atoms with van der Waals surface area (Å²) >= 11 is 0. The number of hydrogen-bond acceptors (Lipinski definition) is 3. The summed E-state index contributed by atoms with van der Waals surface area (Å²) in [6.07, 6.45) is 7.62. The first-order valence-electron chi connectivity index (χ1n) is 10.4. The third kappa shape index (κ3) is 1.61. The number of rotatable bonds is 3. The molecule has 132 valence electrons. The van der Waals surface area contributed by atoms with Gasteiger partial charge in [-0.1, -0.05) is 6.92 Å². The monoisotopic (exact) mass is 330 g/mol. The number of epoxide rings is 1. The Kier molecular flexibility index (Phi) is 2.67. The van der Waals surface area contributed by atoms with E-state index in [1.165, 1.54) is 19.3 Å². The van der Waals surface area contributed by atoms with E-state index in [0.717, 1.165) is 54.3 Å². The summed E-state index contributed by atoms with van der Waals surface area (Å²) in [6.45, 7) is 6.13. The first-order valence-corrected chi connectivity index (χ1v) is 10.4. The number of esters is 1. The highest BCUT2D eigenvalue weighted by molar-refractivity contribution is 5.76. The Morgan fingerprint density at radius 3 is 2.58 bits per heavy atom. The highest BCUT2D eigenvalue weighted by Crippen LogP contribution is 2.75. The molecule has 1 saturated heterocycles. The van der Waals surface area contributed by atoms with Gasteiger partial charge in [0.1, 0.15) is 6.10 Å². The Labute approximate surface area is 144 Å². The average molecular weight is 330 g/mol. The van der Waals surface area contributed by atoms with Crippen LogP contribution in [0.25, 0.3) is 0 Å². The Balaban J connectivity index is 1.23. The summed E-state index contributed by atoms with van der Waals surface area (Å²) in [5.41, 5.74) is -0.332. The van der Waals surface area contributed by atoms with Crippen LogP contribution in [0, 0.1) is 52.8 Å². The van der Waals surface area contributed by atoms with Gasteiger partial charge in [-0.05, 0) is 93.3 Å². The van der Waals surface area contributed by atoms with Crippen molar-refractivity contribution in [1.29, 1.82) is 0 Å². The second-order valence-corrected chi connectivity index (χ2v) is 10.4. The van der Waals surface area contributed by atoms with Gasteiger partial charge >= 0.3 is 5.97 Å². The van der Waals surface area contributed by atoms with E-state index in [-0.39, 0.29) is 17.5 Å². The molecule has 0 N–H and O–H groups in total. The van der Waals surface area contributed by atoms with E-state index in [1.807, 2.05) is 13.8 Å².